The Morgan fingerprint density at radius 1 is 1.14 bits per heavy atom. The van der Waals surface area contributed by atoms with Gasteiger partial charge in [-0.25, -0.2) is 0 Å². The third-order valence-electron chi connectivity index (χ3n) is 3.66. The van der Waals surface area contributed by atoms with Gasteiger partial charge in [0.25, 0.3) is 5.91 Å². The summed E-state index contributed by atoms with van der Waals surface area (Å²) in [5.41, 5.74) is 1.79. The molecule has 0 bridgehead atoms. The van der Waals surface area contributed by atoms with Gasteiger partial charge in [-0.2, -0.15) is 0 Å². The summed E-state index contributed by atoms with van der Waals surface area (Å²) in [5, 5.41) is 14.9. The number of nitrogens with zero attached hydrogens (tertiary/aromatic N) is 2. The maximum Gasteiger partial charge on any atom is 0.277 e. The lowest BCUT2D eigenvalue weighted by Gasteiger charge is -2.12. The Hall–Kier alpha value is -2.31. The van der Waals surface area contributed by atoms with E-state index in [4.69, 9.17) is 17.0 Å². The number of carbonyl (C=O) groups is 1. The van der Waals surface area contributed by atoms with Gasteiger partial charge in [-0.1, -0.05) is 10.6 Å². The van der Waals surface area contributed by atoms with Gasteiger partial charge in [0.1, 0.15) is 5.75 Å². The van der Waals surface area contributed by atoms with Crippen molar-refractivity contribution in [3.05, 3.63) is 63.2 Å². The van der Waals surface area contributed by atoms with Gasteiger partial charge < -0.3 is 20.7 Å². The lowest BCUT2D eigenvalue weighted by Crippen LogP contribution is -2.30. The maximum absolute atomic E-state index is 12.0. The number of carbonyl (C=O) groups excluding carboxylic acids is 1. The Bertz CT molecular complexity index is 951. The molecule has 150 valence electrons. The Balaban J connectivity index is 1.35. The Kier molecular flexibility index (Phi) is 8.14. The zero-order valence-electron chi connectivity index (χ0n) is 15.2. The zero-order chi connectivity index (χ0) is 20.5. The number of halogens is 1. The molecule has 0 spiro atoms. The summed E-state index contributed by atoms with van der Waals surface area (Å²) in [6.07, 6.45) is 0.823. The predicted octanol–water partition coefficient (Wildman–Crippen LogP) is 4.15. The summed E-state index contributed by atoms with van der Waals surface area (Å²) in [4.78, 5) is 12.0. The summed E-state index contributed by atoms with van der Waals surface area (Å²) >= 11 is 8.70. The maximum atomic E-state index is 12.0. The molecule has 1 heterocycles. The van der Waals surface area contributed by atoms with Crippen molar-refractivity contribution in [3.63, 3.8) is 0 Å². The first kappa shape index (κ1) is 21.4. The van der Waals surface area contributed by atoms with E-state index < -0.39 is 0 Å². The highest BCUT2D eigenvalue weighted by Crippen LogP contribution is 2.15. The summed E-state index contributed by atoms with van der Waals surface area (Å²) in [5.74, 6) is 0.583. The van der Waals surface area contributed by atoms with Gasteiger partial charge >= 0.3 is 0 Å². The summed E-state index contributed by atoms with van der Waals surface area (Å²) in [7, 11) is 0. The van der Waals surface area contributed by atoms with Gasteiger partial charge in [-0.05, 0) is 95.2 Å². The van der Waals surface area contributed by atoms with Crippen LogP contribution < -0.4 is 20.7 Å². The van der Waals surface area contributed by atoms with Gasteiger partial charge in [0.05, 0.1) is 6.61 Å². The first-order valence-corrected chi connectivity index (χ1v) is 11.0. The van der Waals surface area contributed by atoms with E-state index >= 15 is 0 Å². The number of thiocarbonyl (C=S) groups is 1. The molecular weight excluding hydrogens is 521 g/mol. The molecule has 3 N–H and O–H groups in total. The Labute approximate surface area is 191 Å². The van der Waals surface area contributed by atoms with E-state index in [-0.39, 0.29) is 5.91 Å². The van der Waals surface area contributed by atoms with Crippen molar-refractivity contribution in [2.24, 2.45) is 0 Å². The number of ether oxygens (including phenoxy) is 1. The number of rotatable bonds is 8. The second-order valence-corrected chi connectivity index (χ2v) is 8.13. The molecule has 0 aliphatic carbocycles. The van der Waals surface area contributed by atoms with E-state index in [9.17, 15) is 4.79 Å². The van der Waals surface area contributed by atoms with Crippen LogP contribution in [0.3, 0.4) is 0 Å². The van der Waals surface area contributed by atoms with Crippen LogP contribution in [0.15, 0.2) is 53.9 Å². The molecule has 0 saturated heterocycles. The largest absolute Gasteiger partial charge is 0.493 e. The minimum absolute atomic E-state index is 0.288. The molecule has 7 nitrogen and oxygen atoms in total. The highest BCUT2D eigenvalue weighted by Gasteiger charge is 2.08. The molecule has 3 rings (SSSR count). The molecule has 0 aliphatic rings. The van der Waals surface area contributed by atoms with Crippen LogP contribution in [0.4, 0.5) is 11.4 Å². The van der Waals surface area contributed by atoms with Crippen LogP contribution >= 0.6 is 46.3 Å². The highest BCUT2D eigenvalue weighted by atomic mass is 127. The van der Waals surface area contributed by atoms with Crippen molar-refractivity contribution in [2.75, 3.05) is 23.8 Å². The summed E-state index contributed by atoms with van der Waals surface area (Å²) in [6.45, 7) is 1.31. The van der Waals surface area contributed by atoms with Crippen molar-refractivity contribution < 1.29 is 9.53 Å². The van der Waals surface area contributed by atoms with E-state index in [1.54, 1.807) is 17.5 Å². The fourth-order valence-electron chi connectivity index (χ4n) is 2.29. The quantitative estimate of drug-likeness (QED) is 0.225. The van der Waals surface area contributed by atoms with Crippen LogP contribution in [0.5, 0.6) is 5.75 Å². The minimum Gasteiger partial charge on any atom is -0.493 e. The zero-order valence-corrected chi connectivity index (χ0v) is 19.0. The number of hydrogen-bond acceptors (Lipinski definition) is 6. The number of aromatic nitrogens is 2. The molecule has 1 aromatic heterocycles. The SMILES string of the molecule is O=C(Nc1ccc(NC(=S)NCCCOc2cccc(I)c2)cc1)c1csnn1. The fourth-order valence-corrected chi connectivity index (χ4v) is 3.46. The van der Waals surface area contributed by atoms with Crippen LogP contribution in [0.2, 0.25) is 0 Å². The van der Waals surface area contributed by atoms with Crippen LogP contribution in [-0.4, -0.2) is 33.8 Å². The average Bonchev–Trinajstić information content (AvgIpc) is 3.24. The van der Waals surface area contributed by atoms with Gasteiger partial charge in [0, 0.05) is 26.9 Å². The van der Waals surface area contributed by atoms with Crippen LogP contribution in [0, 0.1) is 3.57 Å². The Morgan fingerprint density at radius 2 is 1.90 bits per heavy atom. The molecule has 1 amide bonds. The molecule has 0 saturated carbocycles. The van der Waals surface area contributed by atoms with E-state index in [1.807, 2.05) is 36.4 Å². The van der Waals surface area contributed by atoms with E-state index in [2.05, 4.69) is 48.1 Å². The van der Waals surface area contributed by atoms with Gasteiger partial charge in [0.2, 0.25) is 0 Å². The third kappa shape index (κ3) is 7.22. The second-order valence-electron chi connectivity index (χ2n) is 5.86. The molecule has 0 atom stereocenters. The third-order valence-corrected chi connectivity index (χ3v) is 5.09. The standard InChI is InChI=1S/C19H18IN5O2S2/c20-13-3-1-4-16(11-13)27-10-2-9-21-19(28)23-15-7-5-14(6-8-15)22-18(26)17-12-29-25-24-17/h1,3-8,11-12H,2,9-10H2,(H,22,26)(H2,21,23,28). The predicted molar refractivity (Wildman–Crippen MR) is 128 cm³/mol. The monoisotopic (exact) mass is 539 g/mol. The molecule has 10 heteroatoms. The van der Waals surface area contributed by atoms with Gasteiger partial charge in [-0.15, -0.1) is 5.10 Å². The number of hydrogen-bond donors (Lipinski definition) is 3. The van der Waals surface area contributed by atoms with Crippen LogP contribution in [0.1, 0.15) is 16.9 Å². The lowest BCUT2D eigenvalue weighted by atomic mass is 10.2. The summed E-state index contributed by atoms with van der Waals surface area (Å²) in [6, 6.07) is 15.2. The second kappa shape index (κ2) is 11.0. The molecule has 0 fully saturated rings. The van der Waals surface area contributed by atoms with Crippen LogP contribution in [0.25, 0.3) is 0 Å². The van der Waals surface area contributed by atoms with E-state index in [0.717, 1.165) is 33.0 Å². The van der Waals surface area contributed by atoms with Crippen molar-refractivity contribution in [1.82, 2.24) is 14.9 Å². The number of amides is 1. The van der Waals surface area contributed by atoms with Crippen molar-refractivity contribution in [3.8, 4) is 5.75 Å². The van der Waals surface area contributed by atoms with Crippen molar-refractivity contribution in [2.45, 2.75) is 6.42 Å². The van der Waals surface area contributed by atoms with Crippen LogP contribution in [-0.2, 0) is 0 Å². The van der Waals surface area contributed by atoms with E-state index in [0.29, 0.717) is 29.6 Å². The van der Waals surface area contributed by atoms with Crippen molar-refractivity contribution in [1.29, 1.82) is 0 Å². The molecule has 2 aromatic carbocycles. The first-order chi connectivity index (χ1) is 14.1. The Morgan fingerprint density at radius 3 is 2.59 bits per heavy atom. The molecular formula is C19H18IN5O2S2. The normalized spacial score (nSPS) is 10.2. The molecule has 0 unspecified atom stereocenters. The number of benzene rings is 2. The first-order valence-electron chi connectivity index (χ1n) is 8.72. The molecule has 0 radical (unpaired) electrons. The highest BCUT2D eigenvalue weighted by molar-refractivity contribution is 14.1. The van der Waals surface area contributed by atoms with Crippen molar-refractivity contribution >= 4 is 68.7 Å². The van der Waals surface area contributed by atoms with Gasteiger partial charge in [-0.3, -0.25) is 4.79 Å². The fraction of sp³-hybridized carbons (Fsp3) is 0.158. The van der Waals surface area contributed by atoms with Gasteiger partial charge in [0.15, 0.2) is 10.8 Å². The molecule has 3 aromatic rings. The lowest BCUT2D eigenvalue weighted by molar-refractivity contribution is 0.102. The number of anilines is 2. The topological polar surface area (TPSA) is 88.2 Å². The average molecular weight is 539 g/mol. The molecule has 0 aliphatic heterocycles. The molecule has 29 heavy (non-hydrogen) atoms. The minimum atomic E-state index is -0.288. The number of nitrogens with one attached hydrogen (secondary N) is 3. The summed E-state index contributed by atoms with van der Waals surface area (Å²) < 4.78 is 10.5. The smallest absolute Gasteiger partial charge is 0.277 e. The van der Waals surface area contributed by atoms with E-state index in [1.165, 1.54) is 0 Å².